The maximum atomic E-state index is 12.5. The third-order valence-electron chi connectivity index (χ3n) is 3.16. The highest BCUT2D eigenvalue weighted by Crippen LogP contribution is 2.19. The second kappa shape index (κ2) is 6.33. The van der Waals surface area contributed by atoms with E-state index in [0.29, 0.717) is 17.1 Å². The summed E-state index contributed by atoms with van der Waals surface area (Å²) >= 11 is 10.4. The number of carbonyl (C=O) groups is 1. The Hall–Kier alpha value is -1.45. The van der Waals surface area contributed by atoms with Crippen LogP contribution < -0.4 is 0 Å². The fourth-order valence-electron chi connectivity index (χ4n) is 2.00. The van der Waals surface area contributed by atoms with Crippen molar-refractivity contribution < 1.29 is 4.79 Å². The van der Waals surface area contributed by atoms with E-state index in [1.54, 1.807) is 18.0 Å². The highest BCUT2D eigenvalue weighted by Gasteiger charge is 2.15. The molecule has 0 aliphatic carbocycles. The van der Waals surface area contributed by atoms with Gasteiger partial charge in [0.05, 0.1) is 0 Å². The van der Waals surface area contributed by atoms with E-state index in [0.717, 1.165) is 16.0 Å². The molecule has 0 aliphatic rings. The van der Waals surface area contributed by atoms with Gasteiger partial charge in [0.25, 0.3) is 5.91 Å². The van der Waals surface area contributed by atoms with Crippen LogP contribution in [0.15, 0.2) is 47.4 Å². The summed E-state index contributed by atoms with van der Waals surface area (Å²) < 4.78 is 0. The van der Waals surface area contributed by atoms with E-state index in [-0.39, 0.29) is 5.91 Å². The van der Waals surface area contributed by atoms with Crippen LogP contribution in [-0.4, -0.2) is 17.9 Å². The van der Waals surface area contributed by atoms with Crippen LogP contribution in [0.25, 0.3) is 0 Å². The van der Waals surface area contributed by atoms with Crippen molar-refractivity contribution in [2.24, 2.45) is 0 Å². The molecule has 0 bridgehead atoms. The quantitative estimate of drug-likeness (QED) is 0.842. The molecule has 2 aromatic rings. The van der Waals surface area contributed by atoms with Crippen LogP contribution in [0.1, 0.15) is 21.5 Å². The predicted octanol–water partition coefficient (Wildman–Crippen LogP) is 4.21. The minimum absolute atomic E-state index is 0.0293. The molecule has 0 atom stereocenters. The largest absolute Gasteiger partial charge is 0.337 e. The molecule has 2 rings (SSSR count). The molecular formula is C16H16ClNOS. The van der Waals surface area contributed by atoms with Gasteiger partial charge in [-0.3, -0.25) is 4.79 Å². The Morgan fingerprint density at radius 1 is 1.25 bits per heavy atom. The Morgan fingerprint density at radius 2 is 1.95 bits per heavy atom. The lowest BCUT2D eigenvalue weighted by atomic mass is 10.1. The zero-order valence-electron chi connectivity index (χ0n) is 11.4. The fourth-order valence-corrected chi connectivity index (χ4v) is 2.40. The number of hydrogen-bond acceptors (Lipinski definition) is 2. The predicted molar refractivity (Wildman–Crippen MR) is 85.7 cm³/mol. The summed E-state index contributed by atoms with van der Waals surface area (Å²) in [5.41, 5.74) is 2.55. The molecule has 0 spiro atoms. The highest BCUT2D eigenvalue weighted by molar-refractivity contribution is 7.80. The number of carbonyl (C=O) groups excluding carboxylic acids is 1. The second-order valence-corrected chi connectivity index (χ2v) is 5.68. The summed E-state index contributed by atoms with van der Waals surface area (Å²) in [5, 5.41) is 0.673. The molecule has 0 aromatic heterocycles. The average molecular weight is 306 g/mol. The van der Waals surface area contributed by atoms with E-state index in [1.165, 1.54) is 0 Å². The number of benzene rings is 2. The van der Waals surface area contributed by atoms with Crippen molar-refractivity contribution in [3.8, 4) is 0 Å². The SMILES string of the molecule is Cc1ccc(S)cc1C(=O)N(C)Cc1ccccc1Cl. The van der Waals surface area contributed by atoms with Crippen LogP contribution in [0.4, 0.5) is 0 Å². The van der Waals surface area contributed by atoms with Crippen LogP contribution in [0.3, 0.4) is 0 Å². The topological polar surface area (TPSA) is 20.3 Å². The van der Waals surface area contributed by atoms with Crippen LogP contribution in [0.5, 0.6) is 0 Å². The van der Waals surface area contributed by atoms with Crippen molar-refractivity contribution in [3.63, 3.8) is 0 Å². The van der Waals surface area contributed by atoms with E-state index < -0.39 is 0 Å². The Labute approximate surface area is 129 Å². The Bertz CT molecular complexity index is 642. The first-order chi connectivity index (χ1) is 9.49. The smallest absolute Gasteiger partial charge is 0.254 e. The van der Waals surface area contributed by atoms with Crippen LogP contribution in [0.2, 0.25) is 5.02 Å². The molecule has 2 aromatic carbocycles. The molecule has 0 radical (unpaired) electrons. The summed E-state index contributed by atoms with van der Waals surface area (Å²) in [6.07, 6.45) is 0. The van der Waals surface area contributed by atoms with Crippen LogP contribution in [0, 0.1) is 6.92 Å². The first-order valence-corrected chi connectivity index (χ1v) is 7.10. The van der Waals surface area contributed by atoms with Gasteiger partial charge in [0.15, 0.2) is 0 Å². The van der Waals surface area contributed by atoms with Gasteiger partial charge < -0.3 is 4.90 Å². The molecule has 0 aliphatic heterocycles. The molecule has 0 fully saturated rings. The first-order valence-electron chi connectivity index (χ1n) is 6.27. The van der Waals surface area contributed by atoms with Gasteiger partial charge in [-0.25, -0.2) is 0 Å². The third-order valence-corrected chi connectivity index (χ3v) is 3.81. The summed E-state index contributed by atoms with van der Waals surface area (Å²) in [6.45, 7) is 2.40. The van der Waals surface area contributed by atoms with Crippen LogP contribution >= 0.6 is 24.2 Å². The Kier molecular flexibility index (Phi) is 4.73. The molecule has 0 N–H and O–H groups in total. The maximum absolute atomic E-state index is 12.5. The summed E-state index contributed by atoms with van der Waals surface area (Å²) in [6, 6.07) is 13.1. The molecule has 20 heavy (non-hydrogen) atoms. The monoisotopic (exact) mass is 305 g/mol. The van der Waals surface area contributed by atoms with E-state index >= 15 is 0 Å². The molecule has 1 amide bonds. The molecule has 4 heteroatoms. The molecule has 0 unspecified atom stereocenters. The van der Waals surface area contributed by atoms with Gasteiger partial charge in [-0.05, 0) is 36.2 Å². The number of aryl methyl sites for hydroxylation is 1. The fraction of sp³-hybridized carbons (Fsp3) is 0.188. The van der Waals surface area contributed by atoms with Crippen molar-refractivity contribution >= 4 is 30.1 Å². The zero-order chi connectivity index (χ0) is 14.7. The van der Waals surface area contributed by atoms with E-state index in [2.05, 4.69) is 12.6 Å². The lowest BCUT2D eigenvalue weighted by Crippen LogP contribution is -2.27. The van der Waals surface area contributed by atoms with Crippen LogP contribution in [-0.2, 0) is 6.54 Å². The summed E-state index contributed by atoms with van der Waals surface area (Å²) in [7, 11) is 1.77. The van der Waals surface area contributed by atoms with E-state index in [9.17, 15) is 4.79 Å². The zero-order valence-corrected chi connectivity index (χ0v) is 13.1. The molecule has 104 valence electrons. The lowest BCUT2D eigenvalue weighted by molar-refractivity contribution is 0.0784. The van der Waals surface area contributed by atoms with Crippen molar-refractivity contribution in [1.29, 1.82) is 0 Å². The van der Waals surface area contributed by atoms with Crippen molar-refractivity contribution in [2.75, 3.05) is 7.05 Å². The maximum Gasteiger partial charge on any atom is 0.254 e. The standard InChI is InChI=1S/C16H16ClNOS/c1-11-7-8-13(20)9-14(11)16(19)18(2)10-12-5-3-4-6-15(12)17/h3-9,20H,10H2,1-2H3. The van der Waals surface area contributed by atoms with Crippen molar-refractivity contribution in [1.82, 2.24) is 4.90 Å². The average Bonchev–Trinajstić information content (AvgIpc) is 2.43. The first kappa shape index (κ1) is 14.9. The number of amides is 1. The van der Waals surface area contributed by atoms with Crippen molar-refractivity contribution in [3.05, 3.63) is 64.2 Å². The molecule has 2 nitrogen and oxygen atoms in total. The Balaban J connectivity index is 2.21. The highest BCUT2D eigenvalue weighted by atomic mass is 35.5. The van der Waals surface area contributed by atoms with E-state index in [4.69, 9.17) is 11.6 Å². The third kappa shape index (κ3) is 3.35. The summed E-state index contributed by atoms with van der Waals surface area (Å²) in [5.74, 6) is -0.0293. The number of halogens is 1. The van der Waals surface area contributed by atoms with Gasteiger partial charge >= 0.3 is 0 Å². The lowest BCUT2D eigenvalue weighted by Gasteiger charge is -2.19. The summed E-state index contributed by atoms with van der Waals surface area (Å²) in [4.78, 5) is 14.9. The van der Waals surface area contributed by atoms with E-state index in [1.807, 2.05) is 43.3 Å². The molecule has 0 saturated heterocycles. The number of nitrogens with zero attached hydrogens (tertiary/aromatic N) is 1. The molecule has 0 heterocycles. The second-order valence-electron chi connectivity index (χ2n) is 4.75. The minimum atomic E-state index is -0.0293. The van der Waals surface area contributed by atoms with Gasteiger partial charge in [-0.2, -0.15) is 0 Å². The number of hydrogen-bond donors (Lipinski definition) is 1. The van der Waals surface area contributed by atoms with Gasteiger partial charge in [-0.1, -0.05) is 35.9 Å². The Morgan fingerprint density at radius 3 is 2.65 bits per heavy atom. The van der Waals surface area contributed by atoms with Gasteiger partial charge in [0.2, 0.25) is 0 Å². The molecular weight excluding hydrogens is 290 g/mol. The van der Waals surface area contributed by atoms with Gasteiger partial charge in [0, 0.05) is 29.1 Å². The minimum Gasteiger partial charge on any atom is -0.337 e. The van der Waals surface area contributed by atoms with Gasteiger partial charge in [0.1, 0.15) is 0 Å². The van der Waals surface area contributed by atoms with Gasteiger partial charge in [-0.15, -0.1) is 12.6 Å². The normalized spacial score (nSPS) is 10.4. The van der Waals surface area contributed by atoms with Crippen molar-refractivity contribution in [2.45, 2.75) is 18.4 Å². The number of rotatable bonds is 3. The number of thiol groups is 1. The molecule has 0 saturated carbocycles.